The lowest BCUT2D eigenvalue weighted by atomic mass is 10.1. The van der Waals surface area contributed by atoms with Gasteiger partial charge in [0.25, 0.3) is 5.91 Å². The third-order valence-corrected chi connectivity index (χ3v) is 3.55. The van der Waals surface area contributed by atoms with Crippen LogP contribution < -0.4 is 16.8 Å². The molecule has 2 aromatic rings. The highest BCUT2D eigenvalue weighted by molar-refractivity contribution is 6.65. The van der Waals surface area contributed by atoms with Crippen LogP contribution in [0.3, 0.4) is 0 Å². The number of carbonyl (C=O) groups excluding carboxylic acids is 1. The summed E-state index contributed by atoms with van der Waals surface area (Å²) < 4.78 is 0. The average Bonchev–Trinajstić information content (AvgIpc) is 2.57. The molecule has 0 saturated heterocycles. The van der Waals surface area contributed by atoms with Crippen molar-refractivity contribution in [3.63, 3.8) is 0 Å². The maximum atomic E-state index is 12.3. The summed E-state index contributed by atoms with van der Waals surface area (Å²) in [5.74, 6) is -0.247. The number of amidine groups is 1. The summed E-state index contributed by atoms with van der Waals surface area (Å²) in [6, 6.07) is 15.1. The zero-order valence-electron chi connectivity index (χ0n) is 13.9. The van der Waals surface area contributed by atoms with Crippen LogP contribution in [0.1, 0.15) is 21.5 Å². The van der Waals surface area contributed by atoms with E-state index in [0.29, 0.717) is 17.8 Å². The van der Waals surface area contributed by atoms with Crippen LogP contribution in [0.25, 0.3) is 0 Å². The molecule has 0 aliphatic carbocycles. The lowest BCUT2D eigenvalue weighted by Gasteiger charge is -2.08. The molecule has 0 aliphatic heterocycles. The molecule has 6 nitrogen and oxygen atoms in total. The number of hydrogen-bond acceptors (Lipinski definition) is 2. The van der Waals surface area contributed by atoms with E-state index in [1.54, 1.807) is 18.2 Å². The Morgan fingerprint density at radius 3 is 2.56 bits per heavy atom. The molecule has 1 amide bonds. The highest BCUT2D eigenvalue weighted by atomic mass is 35.5. The second-order valence-electron chi connectivity index (χ2n) is 5.40. The minimum Gasteiger partial charge on any atom is -0.374 e. The fraction of sp³-hybridized carbons (Fsp3) is 0.167. The third-order valence-electron chi connectivity index (χ3n) is 3.47. The Balaban J connectivity index is 2.05. The Labute approximate surface area is 151 Å². The lowest BCUT2D eigenvalue weighted by molar-refractivity contribution is 0.0954. The number of aryl methyl sites for hydroxylation is 1. The third kappa shape index (κ3) is 5.93. The Morgan fingerprint density at radius 1 is 1.16 bits per heavy atom. The summed E-state index contributed by atoms with van der Waals surface area (Å²) in [6.07, 6.45) is 0.764. The molecule has 0 spiro atoms. The molecule has 0 unspecified atom stereocenters. The molecule has 0 atom stereocenters. The van der Waals surface area contributed by atoms with Gasteiger partial charge in [0.2, 0.25) is 5.96 Å². The van der Waals surface area contributed by atoms with E-state index in [-0.39, 0.29) is 17.2 Å². The molecule has 2 rings (SSSR count). The molecular formula is C18H20ClN5O. The number of carbonyl (C=O) groups is 1. The fourth-order valence-corrected chi connectivity index (χ4v) is 2.28. The van der Waals surface area contributed by atoms with Gasteiger partial charge in [-0.15, -0.1) is 0 Å². The number of guanidine groups is 1. The topological polar surface area (TPSA) is 106 Å². The van der Waals surface area contributed by atoms with Crippen LogP contribution in [0.15, 0.2) is 58.5 Å². The van der Waals surface area contributed by atoms with E-state index < -0.39 is 0 Å². The molecule has 7 heteroatoms. The van der Waals surface area contributed by atoms with Crippen LogP contribution in [-0.4, -0.2) is 23.7 Å². The molecule has 0 saturated carbocycles. The van der Waals surface area contributed by atoms with Crippen LogP contribution in [0, 0.1) is 6.92 Å². The van der Waals surface area contributed by atoms with E-state index in [1.807, 2.05) is 37.3 Å². The van der Waals surface area contributed by atoms with E-state index in [1.165, 1.54) is 5.56 Å². The first-order chi connectivity index (χ1) is 12.0. The molecular weight excluding hydrogens is 338 g/mol. The van der Waals surface area contributed by atoms with E-state index in [9.17, 15) is 4.79 Å². The van der Waals surface area contributed by atoms with E-state index in [0.717, 1.165) is 12.0 Å². The van der Waals surface area contributed by atoms with Gasteiger partial charge >= 0.3 is 0 Å². The highest BCUT2D eigenvalue weighted by Crippen LogP contribution is 2.20. The molecule has 0 radical (unpaired) electrons. The van der Waals surface area contributed by atoms with Gasteiger partial charge in [-0.1, -0.05) is 36.4 Å². The van der Waals surface area contributed by atoms with E-state index in [4.69, 9.17) is 23.1 Å². The van der Waals surface area contributed by atoms with Crippen molar-refractivity contribution in [2.24, 2.45) is 21.5 Å². The van der Waals surface area contributed by atoms with Crippen LogP contribution in [0.4, 0.5) is 5.69 Å². The molecule has 2 aromatic carbocycles. The van der Waals surface area contributed by atoms with Gasteiger partial charge in [0.1, 0.15) is 0 Å². The lowest BCUT2D eigenvalue weighted by Crippen LogP contribution is -2.25. The summed E-state index contributed by atoms with van der Waals surface area (Å²) in [5, 5.41) is 2.69. The first-order valence-corrected chi connectivity index (χ1v) is 8.10. The zero-order chi connectivity index (χ0) is 18.2. The number of amides is 1. The van der Waals surface area contributed by atoms with Gasteiger partial charge in [-0.3, -0.25) is 4.79 Å². The zero-order valence-corrected chi connectivity index (χ0v) is 14.6. The first-order valence-electron chi connectivity index (χ1n) is 7.72. The Morgan fingerprint density at radius 2 is 1.88 bits per heavy atom. The Kier molecular flexibility index (Phi) is 6.54. The van der Waals surface area contributed by atoms with Gasteiger partial charge in [0.05, 0.1) is 5.69 Å². The predicted molar refractivity (Wildman–Crippen MR) is 102 cm³/mol. The second-order valence-corrected chi connectivity index (χ2v) is 5.78. The summed E-state index contributed by atoms with van der Waals surface area (Å²) in [5.41, 5.74) is 14.0. The normalized spacial score (nSPS) is 12.1. The summed E-state index contributed by atoms with van der Waals surface area (Å²) in [6.45, 7) is 2.40. The largest absolute Gasteiger partial charge is 0.374 e. The van der Waals surface area contributed by atoms with Crippen molar-refractivity contribution in [3.05, 3.63) is 65.2 Å². The molecule has 5 N–H and O–H groups in total. The van der Waals surface area contributed by atoms with Crippen molar-refractivity contribution in [2.45, 2.75) is 13.3 Å². The predicted octanol–water partition coefficient (Wildman–Crippen LogP) is 2.47. The number of nitrogens with two attached hydrogens (primary N) is 2. The van der Waals surface area contributed by atoms with Crippen LogP contribution in [-0.2, 0) is 6.42 Å². The molecule has 0 aliphatic rings. The smallest absolute Gasteiger partial charge is 0.251 e. The number of hydrogen-bond donors (Lipinski definition) is 3. The van der Waals surface area contributed by atoms with Crippen molar-refractivity contribution >= 4 is 34.4 Å². The van der Waals surface area contributed by atoms with Gasteiger partial charge in [0.15, 0.2) is 5.29 Å². The number of rotatable bonds is 5. The Hall–Kier alpha value is -2.86. The van der Waals surface area contributed by atoms with Crippen molar-refractivity contribution in [1.29, 1.82) is 0 Å². The van der Waals surface area contributed by atoms with Crippen molar-refractivity contribution in [1.82, 2.24) is 5.32 Å². The number of nitrogens with zero attached hydrogens (tertiary/aromatic N) is 2. The van der Waals surface area contributed by atoms with Gasteiger partial charge in [-0.05, 0) is 48.2 Å². The number of nitrogens with one attached hydrogen (secondary N) is 1. The van der Waals surface area contributed by atoms with E-state index >= 15 is 0 Å². The van der Waals surface area contributed by atoms with Crippen LogP contribution in [0.5, 0.6) is 0 Å². The monoisotopic (exact) mass is 357 g/mol. The molecule has 130 valence electrons. The van der Waals surface area contributed by atoms with Crippen LogP contribution in [0.2, 0.25) is 0 Å². The Bertz CT molecular complexity index is 798. The minimum atomic E-state index is -0.200. The van der Waals surface area contributed by atoms with Crippen LogP contribution >= 0.6 is 11.6 Å². The molecule has 0 heterocycles. The van der Waals surface area contributed by atoms with Gasteiger partial charge in [-0.25, -0.2) is 4.99 Å². The maximum absolute atomic E-state index is 12.3. The minimum absolute atomic E-state index is 0.0720. The number of benzene rings is 2. The average molecular weight is 358 g/mol. The van der Waals surface area contributed by atoms with Gasteiger partial charge in [-0.2, -0.15) is 4.99 Å². The van der Waals surface area contributed by atoms with Gasteiger partial charge in [0, 0.05) is 12.1 Å². The SMILES string of the molecule is Cc1ccc(C(=O)NCCc2ccccc2)cc1N=C(N)/N=C(\N)Cl. The number of halogens is 1. The second kappa shape index (κ2) is 8.84. The fourth-order valence-electron chi connectivity index (χ4n) is 2.20. The van der Waals surface area contributed by atoms with Crippen molar-refractivity contribution in [2.75, 3.05) is 6.54 Å². The quantitative estimate of drug-likeness (QED) is 0.434. The molecule has 0 bridgehead atoms. The summed E-state index contributed by atoms with van der Waals surface area (Å²) >= 11 is 5.47. The summed E-state index contributed by atoms with van der Waals surface area (Å²) in [7, 11) is 0. The first kappa shape index (κ1) is 18.5. The standard InChI is InChI=1S/C18H20ClN5O/c1-12-7-8-14(11-15(12)23-18(21)24-17(19)20)16(25)22-10-9-13-5-3-2-4-6-13/h2-8,11H,9-10H2,1H3,(H,22,25)(H4,20,21,23,24). The summed E-state index contributed by atoms with van der Waals surface area (Å²) in [4.78, 5) is 20.1. The highest BCUT2D eigenvalue weighted by Gasteiger charge is 2.08. The number of aliphatic imine (C=N–C) groups is 2. The van der Waals surface area contributed by atoms with Crippen molar-refractivity contribution in [3.8, 4) is 0 Å². The molecule has 25 heavy (non-hydrogen) atoms. The molecule has 0 fully saturated rings. The van der Waals surface area contributed by atoms with Gasteiger partial charge < -0.3 is 16.8 Å². The maximum Gasteiger partial charge on any atom is 0.251 e. The van der Waals surface area contributed by atoms with Crippen molar-refractivity contribution < 1.29 is 4.79 Å². The molecule has 0 aromatic heterocycles. The van der Waals surface area contributed by atoms with E-state index in [2.05, 4.69) is 15.3 Å².